The van der Waals surface area contributed by atoms with Crippen LogP contribution in [-0.2, 0) is 0 Å². The molecule has 1 aromatic rings. The zero-order valence-electron chi connectivity index (χ0n) is 7.37. The molecule has 0 radical (unpaired) electrons. The molecule has 1 rings (SSSR count). The normalized spacial score (nSPS) is 9.79. The van der Waals surface area contributed by atoms with Crippen LogP contribution < -0.4 is 0 Å². The highest BCUT2D eigenvalue weighted by Gasteiger charge is 2.14. The van der Waals surface area contributed by atoms with Crippen molar-refractivity contribution < 1.29 is 14.7 Å². The van der Waals surface area contributed by atoms with E-state index in [4.69, 9.17) is 16.7 Å². The van der Waals surface area contributed by atoms with Crippen molar-refractivity contribution in [3.63, 3.8) is 0 Å². The van der Waals surface area contributed by atoms with E-state index in [0.717, 1.165) is 0 Å². The fourth-order valence-electron chi connectivity index (χ4n) is 1.13. The number of halogens is 1. The van der Waals surface area contributed by atoms with E-state index in [1.54, 1.807) is 12.1 Å². The van der Waals surface area contributed by atoms with Crippen LogP contribution in [0.1, 0.15) is 27.1 Å². The number of carboxylic acids is 1. The molecule has 0 saturated carbocycles. The molecule has 0 unspecified atom stereocenters. The van der Waals surface area contributed by atoms with Gasteiger partial charge in [0.1, 0.15) is 0 Å². The van der Waals surface area contributed by atoms with E-state index in [1.807, 2.05) is 0 Å². The van der Waals surface area contributed by atoms with Gasteiger partial charge in [-0.2, -0.15) is 0 Å². The molecule has 0 saturated heterocycles. The lowest BCUT2D eigenvalue weighted by molar-refractivity contribution is 0.0692. The molecule has 0 aliphatic carbocycles. The first-order valence-electron chi connectivity index (χ1n) is 4.08. The van der Waals surface area contributed by atoms with Crippen molar-refractivity contribution in [1.29, 1.82) is 0 Å². The van der Waals surface area contributed by atoms with Gasteiger partial charge in [0.05, 0.1) is 5.56 Å². The van der Waals surface area contributed by atoms with Crippen molar-refractivity contribution in [3.8, 4) is 0 Å². The van der Waals surface area contributed by atoms with Crippen LogP contribution >= 0.6 is 11.6 Å². The molecule has 0 bridgehead atoms. The summed E-state index contributed by atoms with van der Waals surface area (Å²) in [6.07, 6.45) is 0.159. The summed E-state index contributed by atoms with van der Waals surface area (Å²) in [7, 11) is 0. The lowest BCUT2D eigenvalue weighted by Gasteiger charge is -2.02. The van der Waals surface area contributed by atoms with Crippen LogP contribution in [0.5, 0.6) is 0 Å². The Morgan fingerprint density at radius 2 is 1.79 bits per heavy atom. The number of aromatic carboxylic acids is 1. The molecule has 0 atom stereocenters. The lowest BCUT2D eigenvalue weighted by atomic mass is 10.0. The van der Waals surface area contributed by atoms with Crippen molar-refractivity contribution in [2.24, 2.45) is 0 Å². The first-order valence-corrected chi connectivity index (χ1v) is 4.61. The van der Waals surface area contributed by atoms with E-state index in [0.29, 0.717) is 0 Å². The standard InChI is InChI=1S/C10H9ClO3/c11-6-5-9(12)7-3-1-2-4-8(7)10(13)14/h1-4H,5-6H2,(H,13,14). The zero-order valence-corrected chi connectivity index (χ0v) is 8.12. The van der Waals surface area contributed by atoms with Crippen LogP contribution in [0.4, 0.5) is 0 Å². The minimum Gasteiger partial charge on any atom is -0.478 e. The number of carbonyl (C=O) groups excluding carboxylic acids is 1. The molecular formula is C10H9ClO3. The Morgan fingerprint density at radius 3 is 2.29 bits per heavy atom. The van der Waals surface area contributed by atoms with E-state index in [1.165, 1.54) is 12.1 Å². The maximum absolute atomic E-state index is 11.4. The van der Waals surface area contributed by atoms with Crippen LogP contribution in [0, 0.1) is 0 Å². The third-order valence-corrected chi connectivity index (χ3v) is 1.97. The summed E-state index contributed by atoms with van der Waals surface area (Å²) in [5.74, 6) is -1.13. The number of hydrogen-bond acceptors (Lipinski definition) is 2. The van der Waals surface area contributed by atoms with Crippen molar-refractivity contribution >= 4 is 23.4 Å². The number of Topliss-reactive ketones (excluding diaryl/α,β-unsaturated/α-hetero) is 1. The highest BCUT2D eigenvalue weighted by Crippen LogP contribution is 2.11. The molecule has 0 aliphatic rings. The monoisotopic (exact) mass is 212 g/mol. The minimum absolute atomic E-state index is 0.0302. The van der Waals surface area contributed by atoms with E-state index >= 15 is 0 Å². The molecule has 0 fully saturated rings. The predicted molar refractivity (Wildman–Crippen MR) is 53.1 cm³/mol. The summed E-state index contributed by atoms with van der Waals surface area (Å²) in [5, 5.41) is 8.80. The second-order valence-corrected chi connectivity index (χ2v) is 3.09. The Morgan fingerprint density at radius 1 is 1.21 bits per heavy atom. The molecule has 0 amide bonds. The zero-order chi connectivity index (χ0) is 10.6. The molecule has 74 valence electrons. The van der Waals surface area contributed by atoms with Crippen molar-refractivity contribution in [1.82, 2.24) is 0 Å². The van der Waals surface area contributed by atoms with Gasteiger partial charge in [0.15, 0.2) is 5.78 Å². The highest BCUT2D eigenvalue weighted by molar-refractivity contribution is 6.20. The first kappa shape index (κ1) is 10.7. The maximum Gasteiger partial charge on any atom is 0.336 e. The van der Waals surface area contributed by atoms with Gasteiger partial charge >= 0.3 is 5.97 Å². The molecule has 1 aromatic carbocycles. The van der Waals surface area contributed by atoms with Gasteiger partial charge in [0, 0.05) is 17.9 Å². The maximum atomic E-state index is 11.4. The van der Waals surface area contributed by atoms with Crippen LogP contribution in [0.3, 0.4) is 0 Å². The Bertz CT molecular complexity index is 360. The topological polar surface area (TPSA) is 54.4 Å². The van der Waals surface area contributed by atoms with Crippen molar-refractivity contribution in [2.45, 2.75) is 6.42 Å². The van der Waals surface area contributed by atoms with Gasteiger partial charge < -0.3 is 5.11 Å². The molecule has 0 heterocycles. The molecule has 0 aliphatic heterocycles. The van der Waals surface area contributed by atoms with Gasteiger partial charge in [-0.3, -0.25) is 4.79 Å². The third kappa shape index (κ3) is 2.33. The van der Waals surface area contributed by atoms with E-state index in [-0.39, 0.29) is 29.2 Å². The second kappa shape index (κ2) is 4.77. The van der Waals surface area contributed by atoms with Crippen molar-refractivity contribution in [3.05, 3.63) is 35.4 Å². The molecule has 1 N–H and O–H groups in total. The summed E-state index contributed by atoms with van der Waals surface area (Å²) in [6, 6.07) is 6.12. The van der Waals surface area contributed by atoms with E-state index in [9.17, 15) is 9.59 Å². The molecule has 4 heteroatoms. The largest absolute Gasteiger partial charge is 0.478 e. The predicted octanol–water partition coefficient (Wildman–Crippen LogP) is 2.20. The molecule has 14 heavy (non-hydrogen) atoms. The van der Waals surface area contributed by atoms with Gasteiger partial charge in [-0.15, -0.1) is 11.6 Å². The smallest absolute Gasteiger partial charge is 0.336 e. The van der Waals surface area contributed by atoms with Gasteiger partial charge in [-0.1, -0.05) is 18.2 Å². The molecular weight excluding hydrogens is 204 g/mol. The Kier molecular flexibility index (Phi) is 3.65. The Labute approximate surface area is 86.3 Å². The minimum atomic E-state index is -1.09. The average molecular weight is 213 g/mol. The number of hydrogen-bond donors (Lipinski definition) is 1. The van der Waals surface area contributed by atoms with Crippen LogP contribution in [-0.4, -0.2) is 22.7 Å². The second-order valence-electron chi connectivity index (χ2n) is 2.71. The lowest BCUT2D eigenvalue weighted by Crippen LogP contribution is -2.08. The van der Waals surface area contributed by atoms with Gasteiger partial charge in [-0.25, -0.2) is 4.79 Å². The quantitative estimate of drug-likeness (QED) is 0.615. The number of ketones is 1. The van der Waals surface area contributed by atoms with Crippen molar-refractivity contribution in [2.75, 3.05) is 5.88 Å². The molecule has 0 spiro atoms. The summed E-state index contributed by atoms with van der Waals surface area (Å²) in [4.78, 5) is 22.2. The number of carboxylic acid groups (broad SMARTS) is 1. The fourth-order valence-corrected chi connectivity index (χ4v) is 1.30. The van der Waals surface area contributed by atoms with Gasteiger partial charge in [-0.05, 0) is 6.07 Å². The summed E-state index contributed by atoms with van der Waals surface area (Å²) < 4.78 is 0. The van der Waals surface area contributed by atoms with Crippen LogP contribution in [0.2, 0.25) is 0 Å². The third-order valence-electron chi connectivity index (χ3n) is 1.78. The van der Waals surface area contributed by atoms with Crippen LogP contribution in [0.15, 0.2) is 24.3 Å². The molecule has 0 aromatic heterocycles. The number of rotatable bonds is 4. The summed E-state index contributed by atoms with van der Waals surface area (Å²) in [6.45, 7) is 0. The Hall–Kier alpha value is -1.35. The number of alkyl halides is 1. The van der Waals surface area contributed by atoms with E-state index in [2.05, 4.69) is 0 Å². The summed E-state index contributed by atoms with van der Waals surface area (Å²) in [5.41, 5.74) is 0.253. The molecule has 3 nitrogen and oxygen atoms in total. The number of benzene rings is 1. The van der Waals surface area contributed by atoms with Gasteiger partial charge in [0.25, 0.3) is 0 Å². The highest BCUT2D eigenvalue weighted by atomic mass is 35.5. The SMILES string of the molecule is O=C(O)c1ccccc1C(=O)CCCl. The number of carbonyl (C=O) groups is 2. The Balaban J connectivity index is 3.07. The first-order chi connectivity index (χ1) is 6.66. The fraction of sp³-hybridized carbons (Fsp3) is 0.200. The summed E-state index contributed by atoms with van der Waals surface area (Å²) >= 11 is 5.41. The average Bonchev–Trinajstić information content (AvgIpc) is 2.18. The van der Waals surface area contributed by atoms with E-state index < -0.39 is 5.97 Å². The van der Waals surface area contributed by atoms with Crippen LogP contribution in [0.25, 0.3) is 0 Å². The van der Waals surface area contributed by atoms with Gasteiger partial charge in [0.2, 0.25) is 0 Å².